The average Bonchev–Trinajstić information content (AvgIpc) is 3.18. The first-order valence-corrected chi connectivity index (χ1v) is 8.69. The van der Waals surface area contributed by atoms with Crippen molar-refractivity contribution in [2.75, 3.05) is 11.1 Å². The molecule has 0 spiro atoms. The molecule has 4 amide bonds. The molecule has 3 N–H and O–H groups in total. The predicted octanol–water partition coefficient (Wildman–Crippen LogP) is 0.483. The summed E-state index contributed by atoms with van der Waals surface area (Å²) in [6.45, 7) is 3.44. The van der Waals surface area contributed by atoms with E-state index in [9.17, 15) is 14.4 Å². The van der Waals surface area contributed by atoms with E-state index in [-0.39, 0.29) is 35.2 Å². The van der Waals surface area contributed by atoms with Crippen LogP contribution in [0.5, 0.6) is 0 Å². The minimum atomic E-state index is -0.520. The number of rotatable bonds is 6. The molecule has 3 rings (SSSR count). The van der Waals surface area contributed by atoms with Gasteiger partial charge in [-0.2, -0.15) is 0 Å². The second-order valence-electron chi connectivity index (χ2n) is 5.68. The van der Waals surface area contributed by atoms with Crippen LogP contribution in [-0.4, -0.2) is 45.0 Å². The lowest BCUT2D eigenvalue weighted by Gasteiger charge is -2.27. The third kappa shape index (κ3) is 4.39. The van der Waals surface area contributed by atoms with Crippen molar-refractivity contribution in [3.8, 4) is 0 Å². The van der Waals surface area contributed by atoms with Crippen LogP contribution in [0.25, 0.3) is 0 Å². The zero-order valence-electron chi connectivity index (χ0n) is 13.9. The van der Waals surface area contributed by atoms with Gasteiger partial charge in [-0.05, 0) is 13.8 Å². The zero-order valence-corrected chi connectivity index (χ0v) is 14.8. The van der Waals surface area contributed by atoms with Gasteiger partial charge in [-0.25, -0.2) is 4.79 Å². The number of anilines is 1. The molecule has 2 aromatic rings. The van der Waals surface area contributed by atoms with E-state index in [1.54, 1.807) is 19.9 Å². The topological polar surface area (TPSA) is 152 Å². The molecule has 0 saturated carbocycles. The van der Waals surface area contributed by atoms with Gasteiger partial charge >= 0.3 is 6.03 Å². The van der Waals surface area contributed by atoms with Crippen LogP contribution in [0.1, 0.15) is 18.6 Å². The van der Waals surface area contributed by atoms with Gasteiger partial charge in [0.15, 0.2) is 5.82 Å². The van der Waals surface area contributed by atoms with Gasteiger partial charge in [0.25, 0.3) is 5.22 Å². The summed E-state index contributed by atoms with van der Waals surface area (Å²) in [6.07, 6.45) is 0.186. The van der Waals surface area contributed by atoms with Crippen LogP contribution in [0.15, 0.2) is 20.2 Å². The minimum Gasteiger partial charge on any atom is -0.416 e. The summed E-state index contributed by atoms with van der Waals surface area (Å²) in [5, 5.41) is 19.0. The van der Waals surface area contributed by atoms with E-state index < -0.39 is 17.9 Å². The molecule has 0 aliphatic carbocycles. The Balaban J connectivity index is 1.50. The molecule has 2 aromatic heterocycles. The van der Waals surface area contributed by atoms with E-state index in [1.807, 2.05) is 0 Å². The lowest BCUT2D eigenvalue weighted by atomic mass is 9.95. The van der Waals surface area contributed by atoms with E-state index in [1.165, 1.54) is 0 Å². The molecule has 3 heterocycles. The van der Waals surface area contributed by atoms with Gasteiger partial charge in [0.2, 0.25) is 17.7 Å². The molecule has 1 fully saturated rings. The number of carbonyl (C=O) groups excluding carboxylic acids is 3. The van der Waals surface area contributed by atoms with Crippen LogP contribution in [0.3, 0.4) is 0 Å². The number of carbonyl (C=O) groups is 3. The van der Waals surface area contributed by atoms with Crippen molar-refractivity contribution < 1.29 is 23.3 Å². The Morgan fingerprint density at radius 2 is 2.19 bits per heavy atom. The van der Waals surface area contributed by atoms with Crippen molar-refractivity contribution in [2.24, 2.45) is 5.92 Å². The van der Waals surface area contributed by atoms with Crippen molar-refractivity contribution in [3.63, 3.8) is 0 Å². The van der Waals surface area contributed by atoms with E-state index in [4.69, 9.17) is 8.94 Å². The summed E-state index contributed by atoms with van der Waals surface area (Å²) >= 11 is 1.06. The van der Waals surface area contributed by atoms with Gasteiger partial charge in [0.1, 0.15) is 5.76 Å². The normalized spacial score (nSPS) is 19.8. The Morgan fingerprint density at radius 1 is 1.38 bits per heavy atom. The highest BCUT2D eigenvalue weighted by molar-refractivity contribution is 7.99. The van der Waals surface area contributed by atoms with Crippen molar-refractivity contribution in [1.29, 1.82) is 0 Å². The van der Waals surface area contributed by atoms with Gasteiger partial charge in [0, 0.05) is 18.5 Å². The van der Waals surface area contributed by atoms with Gasteiger partial charge < -0.3 is 19.6 Å². The van der Waals surface area contributed by atoms with Crippen LogP contribution in [-0.2, 0) is 16.0 Å². The van der Waals surface area contributed by atoms with Crippen LogP contribution < -0.4 is 16.0 Å². The maximum Gasteiger partial charge on any atom is 0.321 e. The number of nitrogens with one attached hydrogen (secondary N) is 3. The fourth-order valence-electron chi connectivity index (χ4n) is 2.34. The summed E-state index contributed by atoms with van der Waals surface area (Å²) in [7, 11) is 0. The molecule has 0 radical (unpaired) electrons. The second kappa shape index (κ2) is 7.56. The fourth-order valence-corrected chi connectivity index (χ4v) is 2.92. The number of nitrogens with zero attached hydrogens (tertiary/aromatic N) is 3. The Kier molecular flexibility index (Phi) is 5.21. The van der Waals surface area contributed by atoms with Gasteiger partial charge in [-0.1, -0.05) is 16.9 Å². The van der Waals surface area contributed by atoms with Crippen LogP contribution in [0, 0.1) is 12.8 Å². The van der Waals surface area contributed by atoms with Crippen molar-refractivity contribution in [3.05, 3.63) is 17.7 Å². The highest BCUT2D eigenvalue weighted by Gasteiger charge is 2.34. The van der Waals surface area contributed by atoms with Crippen LogP contribution in [0.4, 0.5) is 10.6 Å². The van der Waals surface area contributed by atoms with E-state index in [0.717, 1.165) is 11.8 Å². The third-order valence-electron chi connectivity index (χ3n) is 3.60. The summed E-state index contributed by atoms with van der Waals surface area (Å²) in [6, 6.07) is 0.729. The van der Waals surface area contributed by atoms with E-state index >= 15 is 0 Å². The van der Waals surface area contributed by atoms with Gasteiger partial charge in [0.05, 0.1) is 11.7 Å². The Morgan fingerprint density at radius 3 is 2.88 bits per heavy atom. The molecule has 12 heteroatoms. The van der Waals surface area contributed by atoms with Crippen molar-refractivity contribution in [2.45, 2.75) is 31.5 Å². The summed E-state index contributed by atoms with van der Waals surface area (Å²) in [5.41, 5.74) is 0. The van der Waals surface area contributed by atoms with Gasteiger partial charge in [-0.3, -0.25) is 14.9 Å². The number of thioether (sulfide) groups is 1. The lowest BCUT2D eigenvalue weighted by molar-refractivity contribution is -0.125. The molecular formula is C14H16N6O5S. The SMILES string of the molecule is Cc1cc(NC(=O)CSc2nnc(CC3C(=O)NC(=O)NC3C)o2)no1. The molecule has 138 valence electrons. The first kappa shape index (κ1) is 17.9. The molecule has 1 aliphatic heterocycles. The number of imide groups is 1. The number of aryl methyl sites for hydroxylation is 1. The maximum atomic E-state index is 11.9. The third-order valence-corrected chi connectivity index (χ3v) is 4.42. The number of hydrogen-bond acceptors (Lipinski definition) is 9. The molecule has 2 atom stereocenters. The standard InChI is InChI=1S/C14H16N6O5S/c1-6-3-9(20-25-6)16-10(21)5-26-14-19-18-11(24-14)4-8-7(2)15-13(23)17-12(8)22/h3,7-8H,4-5H2,1-2H3,(H,16,20,21)(H2,15,17,22,23). The Labute approximate surface area is 151 Å². The predicted molar refractivity (Wildman–Crippen MR) is 88.2 cm³/mol. The highest BCUT2D eigenvalue weighted by atomic mass is 32.2. The maximum absolute atomic E-state index is 11.9. The zero-order chi connectivity index (χ0) is 18.7. The fraction of sp³-hybridized carbons (Fsp3) is 0.429. The summed E-state index contributed by atoms with van der Waals surface area (Å²) < 4.78 is 10.3. The van der Waals surface area contributed by atoms with E-state index in [2.05, 4.69) is 31.3 Å². The monoisotopic (exact) mass is 380 g/mol. The van der Waals surface area contributed by atoms with Crippen LogP contribution >= 0.6 is 11.8 Å². The number of aromatic nitrogens is 3. The van der Waals surface area contributed by atoms with Gasteiger partial charge in [-0.15, -0.1) is 10.2 Å². The lowest BCUT2D eigenvalue weighted by Crippen LogP contribution is -2.57. The molecule has 26 heavy (non-hydrogen) atoms. The summed E-state index contributed by atoms with van der Waals surface area (Å²) in [5.74, 6) is 0.0180. The molecule has 1 saturated heterocycles. The smallest absolute Gasteiger partial charge is 0.321 e. The average molecular weight is 380 g/mol. The minimum absolute atomic E-state index is 0.0456. The van der Waals surface area contributed by atoms with E-state index in [0.29, 0.717) is 11.6 Å². The highest BCUT2D eigenvalue weighted by Crippen LogP contribution is 2.20. The number of amides is 4. The summed E-state index contributed by atoms with van der Waals surface area (Å²) in [4.78, 5) is 34.9. The van der Waals surface area contributed by atoms with Crippen molar-refractivity contribution >= 4 is 35.4 Å². The molecule has 1 aliphatic rings. The molecule has 0 aromatic carbocycles. The molecule has 2 unspecified atom stereocenters. The number of urea groups is 1. The Hall–Kier alpha value is -2.89. The molecule has 0 bridgehead atoms. The first-order chi connectivity index (χ1) is 12.4. The largest absolute Gasteiger partial charge is 0.416 e. The molecular weight excluding hydrogens is 364 g/mol. The molecule has 11 nitrogen and oxygen atoms in total. The van der Waals surface area contributed by atoms with Crippen molar-refractivity contribution in [1.82, 2.24) is 26.0 Å². The number of hydrogen-bond donors (Lipinski definition) is 3. The Bertz CT molecular complexity index is 833. The van der Waals surface area contributed by atoms with Crippen LogP contribution in [0.2, 0.25) is 0 Å². The quantitative estimate of drug-likeness (QED) is 0.607. The first-order valence-electron chi connectivity index (χ1n) is 7.70. The second-order valence-corrected chi connectivity index (χ2v) is 6.61.